The van der Waals surface area contributed by atoms with Crippen LogP contribution in [0.2, 0.25) is 0 Å². The van der Waals surface area contributed by atoms with Gasteiger partial charge in [0.2, 0.25) is 5.91 Å². The highest BCUT2D eigenvalue weighted by Gasteiger charge is 2.31. The van der Waals surface area contributed by atoms with Crippen LogP contribution in [0.5, 0.6) is 0 Å². The molecule has 0 radical (unpaired) electrons. The normalized spacial score (nSPS) is 19.4. The maximum atomic E-state index is 12.9. The summed E-state index contributed by atoms with van der Waals surface area (Å²) in [6.07, 6.45) is 5.26. The second kappa shape index (κ2) is 9.14. The number of piperidine rings is 1. The first-order valence-electron chi connectivity index (χ1n) is 9.55. The number of carbonyl (C=O) groups is 2. The molecule has 3 rings (SSSR count). The van der Waals surface area contributed by atoms with Gasteiger partial charge in [-0.1, -0.05) is 0 Å². The molecule has 27 heavy (non-hydrogen) atoms. The number of hydrogen-bond acceptors (Lipinski definition) is 7. The number of amides is 1. The first-order valence-corrected chi connectivity index (χ1v) is 9.55. The molecule has 0 atom stereocenters. The van der Waals surface area contributed by atoms with E-state index in [0.29, 0.717) is 0 Å². The minimum absolute atomic E-state index is 0.0836. The lowest BCUT2D eigenvalue weighted by Gasteiger charge is -2.40. The number of hydrazine groups is 1. The number of pyridine rings is 1. The quantitative estimate of drug-likeness (QED) is 0.693. The van der Waals surface area contributed by atoms with Crippen LogP contribution in [0.15, 0.2) is 24.5 Å². The summed E-state index contributed by atoms with van der Waals surface area (Å²) in [7, 11) is 3.28. The molecule has 2 aliphatic rings. The number of ether oxygens (including phenoxy) is 1. The van der Waals surface area contributed by atoms with E-state index in [1.54, 1.807) is 12.4 Å². The Kier molecular flexibility index (Phi) is 6.63. The molecule has 0 saturated carbocycles. The SMILES string of the molecule is COC(=O)CN(C)N1CCC(C(=O)N2CCN(c3ccncc3)CC2)CC1. The predicted molar refractivity (Wildman–Crippen MR) is 102 cm³/mol. The van der Waals surface area contributed by atoms with E-state index >= 15 is 0 Å². The van der Waals surface area contributed by atoms with Crippen molar-refractivity contribution >= 4 is 17.6 Å². The number of carbonyl (C=O) groups excluding carboxylic acids is 2. The van der Waals surface area contributed by atoms with E-state index in [4.69, 9.17) is 4.74 Å². The molecule has 2 saturated heterocycles. The second-order valence-corrected chi connectivity index (χ2v) is 7.14. The summed E-state index contributed by atoms with van der Waals surface area (Å²) in [6, 6.07) is 4.02. The molecule has 0 aromatic carbocycles. The lowest BCUT2D eigenvalue weighted by Crippen LogP contribution is -2.53. The zero-order valence-electron chi connectivity index (χ0n) is 16.2. The summed E-state index contributed by atoms with van der Waals surface area (Å²) in [5, 5.41) is 4.02. The molecule has 3 heterocycles. The van der Waals surface area contributed by atoms with Crippen molar-refractivity contribution in [2.45, 2.75) is 12.8 Å². The van der Waals surface area contributed by atoms with Gasteiger partial charge < -0.3 is 14.5 Å². The van der Waals surface area contributed by atoms with Crippen molar-refractivity contribution in [3.8, 4) is 0 Å². The van der Waals surface area contributed by atoms with Crippen molar-refractivity contribution < 1.29 is 14.3 Å². The van der Waals surface area contributed by atoms with Gasteiger partial charge in [-0.3, -0.25) is 14.6 Å². The van der Waals surface area contributed by atoms with Gasteiger partial charge in [0, 0.05) is 70.3 Å². The molecule has 2 aliphatic heterocycles. The Hall–Kier alpha value is -2.19. The zero-order valence-corrected chi connectivity index (χ0v) is 16.2. The standard InChI is InChI=1S/C19H29N5O3/c1-21(15-18(25)27-2)24-9-5-16(6-10-24)19(26)23-13-11-22(12-14-23)17-3-7-20-8-4-17/h3-4,7-8,16H,5-6,9-15H2,1-2H3. The van der Waals surface area contributed by atoms with Crippen LogP contribution >= 0.6 is 0 Å². The van der Waals surface area contributed by atoms with Crippen LogP contribution in [0, 0.1) is 5.92 Å². The van der Waals surface area contributed by atoms with E-state index in [0.717, 1.165) is 52.1 Å². The van der Waals surface area contributed by atoms with Crippen LogP contribution in [0.25, 0.3) is 0 Å². The molecule has 0 bridgehead atoms. The largest absolute Gasteiger partial charge is 0.468 e. The lowest BCUT2D eigenvalue weighted by atomic mass is 9.95. The first-order chi connectivity index (χ1) is 13.1. The number of aromatic nitrogens is 1. The summed E-state index contributed by atoms with van der Waals surface area (Å²) in [4.78, 5) is 32.7. The van der Waals surface area contributed by atoms with Crippen molar-refractivity contribution in [1.29, 1.82) is 0 Å². The summed E-state index contributed by atoms with van der Waals surface area (Å²) in [5.74, 6) is 0.114. The number of anilines is 1. The van der Waals surface area contributed by atoms with Crippen molar-refractivity contribution in [2.75, 3.05) is 64.9 Å². The van der Waals surface area contributed by atoms with Crippen LogP contribution < -0.4 is 4.90 Å². The molecular formula is C19H29N5O3. The fraction of sp³-hybridized carbons (Fsp3) is 0.632. The maximum Gasteiger partial charge on any atom is 0.321 e. The van der Waals surface area contributed by atoms with Crippen molar-refractivity contribution in [3.05, 3.63) is 24.5 Å². The van der Waals surface area contributed by atoms with Gasteiger partial charge in [0.15, 0.2) is 0 Å². The average molecular weight is 375 g/mol. The minimum Gasteiger partial charge on any atom is -0.468 e. The van der Waals surface area contributed by atoms with Gasteiger partial charge in [-0.05, 0) is 25.0 Å². The van der Waals surface area contributed by atoms with Crippen LogP contribution in [-0.2, 0) is 14.3 Å². The molecule has 8 nitrogen and oxygen atoms in total. The topological polar surface area (TPSA) is 69.2 Å². The molecule has 1 amide bonds. The number of nitrogens with zero attached hydrogens (tertiary/aromatic N) is 5. The van der Waals surface area contributed by atoms with E-state index in [1.807, 2.05) is 29.1 Å². The maximum absolute atomic E-state index is 12.9. The van der Waals surface area contributed by atoms with Crippen LogP contribution in [0.4, 0.5) is 5.69 Å². The second-order valence-electron chi connectivity index (χ2n) is 7.14. The number of likely N-dealkylation sites (N-methyl/N-ethyl adjacent to an activating group) is 1. The van der Waals surface area contributed by atoms with Gasteiger partial charge in [-0.25, -0.2) is 10.0 Å². The highest BCUT2D eigenvalue weighted by atomic mass is 16.5. The third-order valence-corrected chi connectivity index (χ3v) is 5.51. The molecule has 0 aliphatic carbocycles. The fourth-order valence-electron chi connectivity index (χ4n) is 3.80. The van der Waals surface area contributed by atoms with Crippen molar-refractivity contribution in [2.24, 2.45) is 5.92 Å². The predicted octanol–water partition coefficient (Wildman–Crippen LogP) is 0.462. The molecule has 0 N–H and O–H groups in total. The summed E-state index contributed by atoms with van der Waals surface area (Å²) in [5.41, 5.74) is 1.17. The molecule has 1 aromatic heterocycles. The van der Waals surface area contributed by atoms with Gasteiger partial charge in [0.1, 0.15) is 6.54 Å². The highest BCUT2D eigenvalue weighted by Crippen LogP contribution is 2.22. The number of hydrogen-bond donors (Lipinski definition) is 0. The van der Waals surface area contributed by atoms with Gasteiger partial charge in [-0.15, -0.1) is 0 Å². The van der Waals surface area contributed by atoms with Gasteiger partial charge in [0.25, 0.3) is 0 Å². The number of methoxy groups -OCH3 is 1. The smallest absolute Gasteiger partial charge is 0.321 e. The summed E-state index contributed by atoms with van der Waals surface area (Å²) >= 11 is 0. The molecular weight excluding hydrogens is 346 g/mol. The first kappa shape index (κ1) is 19.6. The third kappa shape index (κ3) is 4.95. The number of piperazine rings is 1. The van der Waals surface area contributed by atoms with Crippen LogP contribution in [0.3, 0.4) is 0 Å². The zero-order chi connectivity index (χ0) is 19.2. The molecule has 8 heteroatoms. The Bertz CT molecular complexity index is 625. The Morgan fingerprint density at radius 1 is 1.11 bits per heavy atom. The van der Waals surface area contributed by atoms with E-state index in [2.05, 4.69) is 14.9 Å². The lowest BCUT2D eigenvalue weighted by molar-refractivity contribution is -0.149. The Morgan fingerprint density at radius 2 is 1.74 bits per heavy atom. The summed E-state index contributed by atoms with van der Waals surface area (Å²) in [6.45, 7) is 5.08. The average Bonchev–Trinajstić information content (AvgIpc) is 2.74. The molecule has 0 spiro atoms. The van der Waals surface area contributed by atoms with E-state index in [1.165, 1.54) is 12.8 Å². The highest BCUT2D eigenvalue weighted by molar-refractivity contribution is 5.79. The van der Waals surface area contributed by atoms with Crippen molar-refractivity contribution in [1.82, 2.24) is 19.9 Å². The van der Waals surface area contributed by atoms with E-state index in [-0.39, 0.29) is 24.3 Å². The number of rotatable bonds is 5. The van der Waals surface area contributed by atoms with E-state index in [9.17, 15) is 9.59 Å². The molecule has 0 unspecified atom stereocenters. The molecule has 148 valence electrons. The Labute approximate surface area is 160 Å². The minimum atomic E-state index is -0.247. The van der Waals surface area contributed by atoms with Gasteiger partial charge in [-0.2, -0.15) is 0 Å². The van der Waals surface area contributed by atoms with Crippen LogP contribution in [0.1, 0.15) is 12.8 Å². The molecule has 2 fully saturated rings. The molecule has 1 aromatic rings. The Morgan fingerprint density at radius 3 is 2.33 bits per heavy atom. The van der Waals surface area contributed by atoms with E-state index < -0.39 is 0 Å². The van der Waals surface area contributed by atoms with Gasteiger partial charge >= 0.3 is 5.97 Å². The fourth-order valence-corrected chi connectivity index (χ4v) is 3.80. The van der Waals surface area contributed by atoms with Crippen molar-refractivity contribution in [3.63, 3.8) is 0 Å². The number of esters is 1. The van der Waals surface area contributed by atoms with Gasteiger partial charge in [0.05, 0.1) is 7.11 Å². The Balaban J connectivity index is 1.44. The third-order valence-electron chi connectivity index (χ3n) is 5.51. The van der Waals surface area contributed by atoms with Crippen LogP contribution in [-0.4, -0.2) is 91.7 Å². The summed E-state index contributed by atoms with van der Waals surface area (Å²) < 4.78 is 4.72. The monoisotopic (exact) mass is 375 g/mol.